The molecule has 0 aromatic carbocycles. The van der Waals surface area contributed by atoms with Crippen molar-refractivity contribution in [1.82, 2.24) is 4.31 Å². The van der Waals surface area contributed by atoms with E-state index in [-0.39, 0.29) is 0 Å². The Morgan fingerprint density at radius 3 is 2.20 bits per heavy atom. The highest BCUT2D eigenvalue weighted by Crippen LogP contribution is 2.46. The summed E-state index contributed by atoms with van der Waals surface area (Å²) in [5.41, 5.74) is 1.19. The van der Waals surface area contributed by atoms with Crippen LogP contribution in [0.3, 0.4) is 0 Å². The van der Waals surface area contributed by atoms with Crippen LogP contribution in [0.4, 0.5) is 0 Å². The molecule has 0 aromatic rings. The summed E-state index contributed by atoms with van der Waals surface area (Å²) >= 11 is 0. The van der Waals surface area contributed by atoms with Gasteiger partial charge in [-0.25, -0.2) is 0 Å². The van der Waals surface area contributed by atoms with E-state index in [4.69, 9.17) is 0 Å². The number of allylic oxidation sites excluding steroid dienone is 1. The second-order valence-corrected chi connectivity index (χ2v) is 8.59. The molecule has 15 heavy (non-hydrogen) atoms. The average molecular weight is 227 g/mol. The van der Waals surface area contributed by atoms with Crippen LogP contribution < -0.4 is 0 Å². The van der Waals surface area contributed by atoms with Crippen LogP contribution in [-0.4, -0.2) is 35.7 Å². The Hall–Kier alpha value is -0.210. The van der Waals surface area contributed by atoms with E-state index in [1.807, 2.05) is 6.08 Å². The minimum atomic E-state index is -0.655. The van der Waals surface area contributed by atoms with Gasteiger partial charge in [0.1, 0.15) is 0 Å². The molecule has 1 rings (SSSR count). The summed E-state index contributed by atoms with van der Waals surface area (Å²) in [6.07, 6.45) is 12.3. The maximum absolute atomic E-state index is 4.05. The maximum atomic E-state index is 4.05. The van der Waals surface area contributed by atoms with Crippen molar-refractivity contribution in [1.29, 1.82) is 0 Å². The molecule has 0 saturated carbocycles. The van der Waals surface area contributed by atoms with Gasteiger partial charge in [-0.1, -0.05) is 32.1 Å². The molecule has 1 aliphatic heterocycles. The van der Waals surface area contributed by atoms with Crippen LogP contribution in [0.5, 0.6) is 0 Å². The standard InChI is InChI=1S/C13H25NS/c1-5-13(2)12-15(3,4)14-10-8-6-7-9-11-14/h5H,1-2,6-12H2,3-4H3. The van der Waals surface area contributed by atoms with E-state index in [2.05, 4.69) is 30.0 Å². The molecule has 0 amide bonds. The second-order valence-electron chi connectivity index (χ2n) is 4.83. The van der Waals surface area contributed by atoms with E-state index in [0.29, 0.717) is 0 Å². The monoisotopic (exact) mass is 227 g/mol. The van der Waals surface area contributed by atoms with Crippen LogP contribution in [0.25, 0.3) is 0 Å². The highest BCUT2D eigenvalue weighted by Gasteiger charge is 2.22. The largest absolute Gasteiger partial charge is 0.268 e. The first-order chi connectivity index (χ1) is 7.06. The van der Waals surface area contributed by atoms with Crippen molar-refractivity contribution < 1.29 is 0 Å². The van der Waals surface area contributed by atoms with E-state index in [0.717, 1.165) is 5.75 Å². The minimum Gasteiger partial charge on any atom is -0.268 e. The highest BCUT2D eigenvalue weighted by atomic mass is 32.3. The topological polar surface area (TPSA) is 3.24 Å². The van der Waals surface area contributed by atoms with Gasteiger partial charge in [0.05, 0.1) is 0 Å². The van der Waals surface area contributed by atoms with Crippen molar-refractivity contribution >= 4 is 10.2 Å². The molecular weight excluding hydrogens is 202 g/mol. The lowest BCUT2D eigenvalue weighted by atomic mass is 10.2. The second kappa shape index (κ2) is 5.76. The first kappa shape index (κ1) is 12.9. The predicted molar refractivity (Wildman–Crippen MR) is 73.7 cm³/mol. The van der Waals surface area contributed by atoms with E-state index in [1.165, 1.54) is 44.3 Å². The zero-order valence-corrected chi connectivity index (χ0v) is 11.1. The van der Waals surface area contributed by atoms with Gasteiger partial charge in [-0.05, 0) is 30.9 Å². The van der Waals surface area contributed by atoms with Gasteiger partial charge in [-0.15, -0.1) is 0 Å². The molecule has 0 spiro atoms. The fourth-order valence-electron chi connectivity index (χ4n) is 2.14. The average Bonchev–Trinajstić information content (AvgIpc) is 2.45. The van der Waals surface area contributed by atoms with Gasteiger partial charge >= 0.3 is 0 Å². The molecule has 0 radical (unpaired) electrons. The molecule has 0 atom stereocenters. The first-order valence-electron chi connectivity index (χ1n) is 5.82. The van der Waals surface area contributed by atoms with Crippen LogP contribution in [0.1, 0.15) is 25.7 Å². The minimum absolute atomic E-state index is 0.655. The lowest BCUT2D eigenvalue weighted by Gasteiger charge is -2.43. The van der Waals surface area contributed by atoms with Gasteiger partial charge in [-0.2, -0.15) is 10.2 Å². The molecule has 1 fully saturated rings. The molecule has 88 valence electrons. The molecule has 0 bridgehead atoms. The van der Waals surface area contributed by atoms with E-state index < -0.39 is 10.2 Å². The Labute approximate surface area is 96.7 Å². The quantitative estimate of drug-likeness (QED) is 0.664. The van der Waals surface area contributed by atoms with Crippen molar-refractivity contribution in [2.24, 2.45) is 0 Å². The fraction of sp³-hybridized carbons (Fsp3) is 0.692. The van der Waals surface area contributed by atoms with Crippen molar-refractivity contribution in [3.8, 4) is 0 Å². The smallest absolute Gasteiger partial charge is 0.0133 e. The van der Waals surface area contributed by atoms with Crippen molar-refractivity contribution in [3.63, 3.8) is 0 Å². The molecule has 0 aliphatic carbocycles. The summed E-state index contributed by atoms with van der Waals surface area (Å²) in [5, 5.41) is 0. The summed E-state index contributed by atoms with van der Waals surface area (Å²) < 4.78 is 2.70. The number of rotatable bonds is 4. The first-order valence-corrected chi connectivity index (χ1v) is 8.40. The fourth-order valence-corrected chi connectivity index (χ4v) is 4.59. The normalized spacial score (nSPS) is 20.7. The Kier molecular flexibility index (Phi) is 4.94. The zero-order valence-electron chi connectivity index (χ0n) is 10.3. The van der Waals surface area contributed by atoms with Gasteiger partial charge in [0.25, 0.3) is 0 Å². The van der Waals surface area contributed by atoms with Gasteiger partial charge in [-0.3, -0.25) is 4.31 Å². The molecule has 0 unspecified atom stereocenters. The Morgan fingerprint density at radius 1 is 1.20 bits per heavy atom. The third-order valence-electron chi connectivity index (χ3n) is 3.09. The summed E-state index contributed by atoms with van der Waals surface area (Å²) in [5.74, 6) is 1.12. The van der Waals surface area contributed by atoms with Crippen molar-refractivity contribution in [2.45, 2.75) is 25.7 Å². The number of nitrogens with zero attached hydrogens (tertiary/aromatic N) is 1. The van der Waals surface area contributed by atoms with Crippen LogP contribution in [-0.2, 0) is 0 Å². The lowest BCUT2D eigenvalue weighted by Crippen LogP contribution is -2.29. The summed E-state index contributed by atoms with van der Waals surface area (Å²) in [6, 6.07) is 0. The zero-order chi connectivity index (χ0) is 11.3. The number of hydrogen-bond acceptors (Lipinski definition) is 1. The van der Waals surface area contributed by atoms with Crippen LogP contribution >= 0.6 is 10.2 Å². The molecule has 1 aliphatic rings. The van der Waals surface area contributed by atoms with Crippen LogP contribution in [0.15, 0.2) is 24.8 Å². The molecule has 1 heterocycles. The van der Waals surface area contributed by atoms with Crippen molar-refractivity contribution in [2.75, 3.05) is 31.4 Å². The molecular formula is C13H25NS. The van der Waals surface area contributed by atoms with Gasteiger partial charge in [0.15, 0.2) is 0 Å². The predicted octanol–water partition coefficient (Wildman–Crippen LogP) is 3.58. The van der Waals surface area contributed by atoms with Crippen LogP contribution in [0, 0.1) is 0 Å². The van der Waals surface area contributed by atoms with E-state index in [9.17, 15) is 0 Å². The molecule has 2 heteroatoms. The number of hydrogen-bond donors (Lipinski definition) is 0. The molecule has 0 N–H and O–H groups in total. The van der Waals surface area contributed by atoms with Gasteiger partial charge < -0.3 is 0 Å². The van der Waals surface area contributed by atoms with E-state index >= 15 is 0 Å². The SMILES string of the molecule is C=CC(=C)CS(C)(C)N1CCCCCC1. The van der Waals surface area contributed by atoms with Crippen molar-refractivity contribution in [3.05, 3.63) is 24.8 Å². The third kappa shape index (κ3) is 4.04. The maximum Gasteiger partial charge on any atom is 0.0133 e. The van der Waals surface area contributed by atoms with Gasteiger partial charge in [0.2, 0.25) is 0 Å². The molecule has 0 aromatic heterocycles. The van der Waals surface area contributed by atoms with Crippen LogP contribution in [0.2, 0.25) is 0 Å². The Morgan fingerprint density at radius 2 is 1.73 bits per heavy atom. The summed E-state index contributed by atoms with van der Waals surface area (Å²) in [6.45, 7) is 10.4. The Bertz CT molecular complexity index is 225. The lowest BCUT2D eigenvalue weighted by molar-refractivity contribution is 0.478. The Balaban J connectivity index is 2.57. The van der Waals surface area contributed by atoms with E-state index in [1.54, 1.807) is 0 Å². The molecule has 1 nitrogen and oxygen atoms in total. The highest BCUT2D eigenvalue weighted by molar-refractivity contribution is 8.30. The summed E-state index contributed by atoms with van der Waals surface area (Å²) in [4.78, 5) is 0. The molecule has 1 saturated heterocycles. The summed E-state index contributed by atoms with van der Waals surface area (Å²) in [7, 11) is -0.655. The van der Waals surface area contributed by atoms with Gasteiger partial charge in [0, 0.05) is 18.8 Å². The third-order valence-corrected chi connectivity index (χ3v) is 5.93.